The van der Waals surface area contributed by atoms with E-state index in [2.05, 4.69) is 6.92 Å². The summed E-state index contributed by atoms with van der Waals surface area (Å²) in [5, 5.41) is 0. The van der Waals surface area contributed by atoms with Gasteiger partial charge in [0.05, 0.1) is 11.4 Å². The van der Waals surface area contributed by atoms with Gasteiger partial charge in [-0.05, 0) is 56.4 Å². The van der Waals surface area contributed by atoms with Crippen molar-refractivity contribution in [2.75, 3.05) is 23.1 Å². The van der Waals surface area contributed by atoms with Gasteiger partial charge in [-0.3, -0.25) is 9.10 Å². The van der Waals surface area contributed by atoms with Crippen LogP contribution in [-0.2, 0) is 10.0 Å². The van der Waals surface area contributed by atoms with Crippen LogP contribution in [0, 0.1) is 0 Å². The van der Waals surface area contributed by atoms with Gasteiger partial charge in [0.2, 0.25) is 10.0 Å². The van der Waals surface area contributed by atoms with Gasteiger partial charge in [0.15, 0.2) is 0 Å². The van der Waals surface area contributed by atoms with E-state index in [4.69, 9.17) is 0 Å². The lowest BCUT2D eigenvalue weighted by Crippen LogP contribution is -2.43. The van der Waals surface area contributed by atoms with Crippen molar-refractivity contribution in [2.24, 2.45) is 0 Å². The van der Waals surface area contributed by atoms with Crippen LogP contribution in [-0.4, -0.2) is 44.1 Å². The average molecular weight is 336 g/mol. The molecule has 0 N–H and O–H groups in total. The molecule has 1 amide bonds. The van der Waals surface area contributed by atoms with Crippen LogP contribution in [0.4, 0.5) is 5.69 Å². The Morgan fingerprint density at radius 1 is 1.13 bits per heavy atom. The van der Waals surface area contributed by atoms with E-state index in [9.17, 15) is 13.2 Å². The summed E-state index contributed by atoms with van der Waals surface area (Å²) in [4.78, 5) is 14.7. The summed E-state index contributed by atoms with van der Waals surface area (Å²) in [5.74, 6) is 0.270. The SMILES string of the molecule is CCC1CCCCN1C(=O)c1ccc(N2CCCS2(=O)=O)cc1. The lowest BCUT2D eigenvalue weighted by molar-refractivity contribution is 0.0608. The van der Waals surface area contributed by atoms with Gasteiger partial charge in [-0.25, -0.2) is 8.42 Å². The van der Waals surface area contributed by atoms with Crippen molar-refractivity contribution in [1.29, 1.82) is 0 Å². The molecule has 23 heavy (non-hydrogen) atoms. The Hall–Kier alpha value is -1.56. The summed E-state index contributed by atoms with van der Waals surface area (Å²) >= 11 is 0. The minimum absolute atomic E-state index is 0.0624. The molecular weight excluding hydrogens is 312 g/mol. The topological polar surface area (TPSA) is 57.7 Å². The van der Waals surface area contributed by atoms with Gasteiger partial charge in [0, 0.05) is 24.7 Å². The fourth-order valence-electron chi connectivity index (χ4n) is 3.56. The molecule has 2 saturated heterocycles. The number of benzene rings is 1. The van der Waals surface area contributed by atoms with E-state index < -0.39 is 10.0 Å². The first-order valence-electron chi connectivity index (χ1n) is 8.44. The summed E-state index contributed by atoms with van der Waals surface area (Å²) in [6, 6.07) is 7.34. The fourth-order valence-corrected chi connectivity index (χ4v) is 5.12. The Labute approximate surface area is 138 Å². The lowest BCUT2D eigenvalue weighted by Gasteiger charge is -2.35. The molecule has 0 spiro atoms. The van der Waals surface area contributed by atoms with E-state index in [0.29, 0.717) is 30.3 Å². The van der Waals surface area contributed by atoms with Crippen molar-refractivity contribution in [2.45, 2.75) is 45.1 Å². The number of sulfonamides is 1. The number of rotatable bonds is 3. The molecule has 0 aromatic heterocycles. The maximum Gasteiger partial charge on any atom is 0.254 e. The van der Waals surface area contributed by atoms with Crippen LogP contribution in [0.5, 0.6) is 0 Å². The van der Waals surface area contributed by atoms with Crippen LogP contribution in [0.1, 0.15) is 49.4 Å². The quantitative estimate of drug-likeness (QED) is 0.852. The Kier molecular flexibility index (Phi) is 4.62. The zero-order valence-corrected chi connectivity index (χ0v) is 14.4. The van der Waals surface area contributed by atoms with Crippen LogP contribution in [0.2, 0.25) is 0 Å². The van der Waals surface area contributed by atoms with E-state index in [0.717, 1.165) is 25.8 Å². The van der Waals surface area contributed by atoms with Gasteiger partial charge < -0.3 is 4.90 Å². The highest BCUT2D eigenvalue weighted by atomic mass is 32.2. The highest BCUT2D eigenvalue weighted by Crippen LogP contribution is 2.26. The second kappa shape index (κ2) is 6.51. The summed E-state index contributed by atoms with van der Waals surface area (Å²) in [6.07, 6.45) is 4.97. The number of hydrogen-bond acceptors (Lipinski definition) is 3. The molecule has 0 saturated carbocycles. The molecule has 1 unspecified atom stereocenters. The predicted molar refractivity (Wildman–Crippen MR) is 91.2 cm³/mol. The normalized spacial score (nSPS) is 24.0. The van der Waals surface area contributed by atoms with Gasteiger partial charge in [-0.1, -0.05) is 6.92 Å². The van der Waals surface area contributed by atoms with Crippen molar-refractivity contribution in [1.82, 2.24) is 4.90 Å². The Morgan fingerprint density at radius 3 is 2.48 bits per heavy atom. The Balaban J connectivity index is 1.78. The molecule has 2 aliphatic heterocycles. The number of carbonyl (C=O) groups excluding carboxylic acids is 1. The molecule has 2 aliphatic rings. The van der Waals surface area contributed by atoms with Crippen LogP contribution in [0.3, 0.4) is 0 Å². The zero-order chi connectivity index (χ0) is 16.4. The first kappa shape index (κ1) is 16.3. The molecule has 5 nitrogen and oxygen atoms in total. The van der Waals surface area contributed by atoms with Crippen molar-refractivity contribution in [3.63, 3.8) is 0 Å². The van der Waals surface area contributed by atoms with Gasteiger partial charge in [0.1, 0.15) is 0 Å². The number of hydrogen-bond donors (Lipinski definition) is 0. The number of likely N-dealkylation sites (tertiary alicyclic amines) is 1. The van der Waals surface area contributed by atoms with Gasteiger partial charge in [-0.15, -0.1) is 0 Å². The number of amides is 1. The molecule has 0 radical (unpaired) electrons. The van der Waals surface area contributed by atoms with Crippen molar-refractivity contribution < 1.29 is 13.2 Å². The number of anilines is 1. The standard InChI is InChI=1S/C17H24N2O3S/c1-2-15-6-3-4-11-18(15)17(20)14-7-9-16(10-8-14)19-12-5-13-23(19,21)22/h7-10,15H,2-6,11-13H2,1H3. The Bertz CT molecular complexity index is 670. The van der Waals surface area contributed by atoms with Crippen molar-refractivity contribution in [3.8, 4) is 0 Å². The molecule has 0 bridgehead atoms. The summed E-state index contributed by atoms with van der Waals surface area (Å²) in [7, 11) is -3.17. The van der Waals surface area contributed by atoms with E-state index in [1.54, 1.807) is 24.3 Å². The van der Waals surface area contributed by atoms with Crippen molar-refractivity contribution >= 4 is 21.6 Å². The maximum absolute atomic E-state index is 12.7. The van der Waals surface area contributed by atoms with E-state index in [1.807, 2.05) is 4.90 Å². The second-order valence-corrected chi connectivity index (χ2v) is 8.36. The number of nitrogens with zero attached hydrogens (tertiary/aromatic N) is 2. The summed E-state index contributed by atoms with van der Waals surface area (Å²) in [5.41, 5.74) is 1.30. The van der Waals surface area contributed by atoms with Crippen LogP contribution in [0.15, 0.2) is 24.3 Å². The molecule has 2 fully saturated rings. The van der Waals surface area contributed by atoms with Crippen LogP contribution >= 0.6 is 0 Å². The summed E-state index contributed by atoms with van der Waals surface area (Å²) < 4.78 is 25.4. The third-order valence-corrected chi connectivity index (χ3v) is 6.73. The van der Waals surface area contributed by atoms with Crippen LogP contribution < -0.4 is 4.31 Å². The number of carbonyl (C=O) groups is 1. The van der Waals surface area contributed by atoms with Crippen molar-refractivity contribution in [3.05, 3.63) is 29.8 Å². The predicted octanol–water partition coefficient (Wildman–Crippen LogP) is 2.63. The second-order valence-electron chi connectivity index (χ2n) is 6.34. The van der Waals surface area contributed by atoms with E-state index >= 15 is 0 Å². The number of piperidine rings is 1. The molecular formula is C17H24N2O3S. The minimum Gasteiger partial charge on any atom is -0.336 e. The smallest absolute Gasteiger partial charge is 0.254 e. The average Bonchev–Trinajstić information content (AvgIpc) is 2.93. The molecule has 1 aromatic carbocycles. The molecule has 0 aliphatic carbocycles. The monoisotopic (exact) mass is 336 g/mol. The first-order chi connectivity index (χ1) is 11.0. The largest absolute Gasteiger partial charge is 0.336 e. The third-order valence-electron chi connectivity index (χ3n) is 4.86. The highest BCUT2D eigenvalue weighted by molar-refractivity contribution is 7.93. The molecule has 126 valence electrons. The Morgan fingerprint density at radius 2 is 1.87 bits per heavy atom. The lowest BCUT2D eigenvalue weighted by atomic mass is 9.99. The fraction of sp³-hybridized carbons (Fsp3) is 0.588. The third kappa shape index (κ3) is 3.22. The van der Waals surface area contributed by atoms with E-state index in [1.165, 1.54) is 10.7 Å². The summed E-state index contributed by atoms with van der Waals surface area (Å²) in [6.45, 7) is 3.47. The zero-order valence-electron chi connectivity index (χ0n) is 13.6. The van der Waals surface area contributed by atoms with Gasteiger partial charge >= 0.3 is 0 Å². The molecule has 1 aromatic rings. The maximum atomic E-state index is 12.7. The molecule has 3 rings (SSSR count). The minimum atomic E-state index is -3.17. The van der Waals surface area contributed by atoms with Gasteiger partial charge in [0.25, 0.3) is 5.91 Å². The molecule has 2 heterocycles. The highest BCUT2D eigenvalue weighted by Gasteiger charge is 2.29. The molecule has 1 atom stereocenters. The molecule has 6 heteroatoms. The first-order valence-corrected chi connectivity index (χ1v) is 10.1. The van der Waals surface area contributed by atoms with Crippen LogP contribution in [0.25, 0.3) is 0 Å². The van der Waals surface area contributed by atoms with Gasteiger partial charge in [-0.2, -0.15) is 0 Å². The van der Waals surface area contributed by atoms with E-state index in [-0.39, 0.29) is 11.7 Å².